The Kier molecular flexibility index (Phi) is 5.07. The molecule has 0 aliphatic carbocycles. The van der Waals surface area contributed by atoms with Crippen molar-refractivity contribution in [2.45, 2.75) is 26.6 Å². The third-order valence-corrected chi connectivity index (χ3v) is 1.76. The largest absolute Gasteiger partial charge is 0.355 e. The lowest BCUT2D eigenvalue weighted by atomic mass is 10.0. The van der Waals surface area contributed by atoms with Gasteiger partial charge in [0.1, 0.15) is 5.78 Å². The van der Waals surface area contributed by atoms with E-state index in [1.54, 1.807) is 21.1 Å². The van der Waals surface area contributed by atoms with E-state index in [0.717, 1.165) is 6.42 Å². The smallest absolute Gasteiger partial charge is 0.166 e. The average molecular weight is 160 g/mol. The first kappa shape index (κ1) is 10.6. The van der Waals surface area contributed by atoms with E-state index in [0.29, 0.717) is 0 Å². The number of methoxy groups -OCH3 is 2. The van der Waals surface area contributed by atoms with E-state index in [2.05, 4.69) is 0 Å². The van der Waals surface area contributed by atoms with Gasteiger partial charge in [-0.05, 0) is 13.3 Å². The van der Waals surface area contributed by atoms with Crippen molar-refractivity contribution in [2.75, 3.05) is 14.2 Å². The second-order valence-electron chi connectivity index (χ2n) is 2.47. The van der Waals surface area contributed by atoms with Crippen molar-refractivity contribution in [2.24, 2.45) is 5.92 Å². The maximum atomic E-state index is 11.0. The van der Waals surface area contributed by atoms with Crippen molar-refractivity contribution < 1.29 is 14.3 Å². The van der Waals surface area contributed by atoms with Crippen molar-refractivity contribution >= 4 is 5.78 Å². The highest BCUT2D eigenvalue weighted by atomic mass is 16.7. The van der Waals surface area contributed by atoms with Gasteiger partial charge in [-0.1, -0.05) is 6.92 Å². The number of ether oxygens (including phenoxy) is 2. The minimum Gasteiger partial charge on any atom is -0.355 e. The fourth-order valence-electron chi connectivity index (χ4n) is 1.10. The van der Waals surface area contributed by atoms with Crippen LogP contribution in [-0.4, -0.2) is 26.3 Å². The van der Waals surface area contributed by atoms with E-state index in [1.807, 2.05) is 6.92 Å². The summed E-state index contributed by atoms with van der Waals surface area (Å²) in [4.78, 5) is 11.0. The predicted molar refractivity (Wildman–Crippen MR) is 42.3 cm³/mol. The number of Topliss-reactive ketones (excluding diaryl/α,β-unsaturated/α-hetero) is 1. The molecule has 11 heavy (non-hydrogen) atoms. The van der Waals surface area contributed by atoms with Gasteiger partial charge in [-0.15, -0.1) is 0 Å². The number of ketones is 1. The molecule has 3 heteroatoms. The first-order chi connectivity index (χ1) is 5.17. The summed E-state index contributed by atoms with van der Waals surface area (Å²) in [7, 11) is 3.08. The fourth-order valence-corrected chi connectivity index (χ4v) is 1.10. The predicted octanol–water partition coefficient (Wildman–Crippen LogP) is 1.22. The van der Waals surface area contributed by atoms with E-state index in [1.165, 1.54) is 0 Å². The van der Waals surface area contributed by atoms with Crippen LogP contribution in [0.5, 0.6) is 0 Å². The molecule has 0 saturated heterocycles. The van der Waals surface area contributed by atoms with E-state index >= 15 is 0 Å². The molecule has 0 radical (unpaired) electrons. The first-order valence-corrected chi connectivity index (χ1v) is 3.73. The lowest BCUT2D eigenvalue weighted by Gasteiger charge is -2.20. The monoisotopic (exact) mass is 160 g/mol. The van der Waals surface area contributed by atoms with E-state index in [4.69, 9.17) is 9.47 Å². The molecule has 0 saturated carbocycles. The van der Waals surface area contributed by atoms with Crippen LogP contribution < -0.4 is 0 Å². The number of rotatable bonds is 5. The maximum Gasteiger partial charge on any atom is 0.166 e. The molecule has 0 fully saturated rings. The zero-order valence-electron chi connectivity index (χ0n) is 7.59. The van der Waals surface area contributed by atoms with Gasteiger partial charge in [-0.25, -0.2) is 0 Å². The van der Waals surface area contributed by atoms with Gasteiger partial charge in [0.05, 0.1) is 5.92 Å². The summed E-state index contributed by atoms with van der Waals surface area (Å²) in [5.41, 5.74) is 0. The van der Waals surface area contributed by atoms with Crippen LogP contribution in [0.3, 0.4) is 0 Å². The molecule has 1 atom stereocenters. The van der Waals surface area contributed by atoms with E-state index in [9.17, 15) is 4.79 Å². The van der Waals surface area contributed by atoms with Crippen LogP contribution >= 0.6 is 0 Å². The van der Waals surface area contributed by atoms with Crippen molar-refractivity contribution in [1.29, 1.82) is 0 Å². The zero-order chi connectivity index (χ0) is 8.85. The number of hydrogen-bond donors (Lipinski definition) is 0. The summed E-state index contributed by atoms with van der Waals surface area (Å²) in [6.07, 6.45) is 0.360. The Bertz CT molecular complexity index is 119. The van der Waals surface area contributed by atoms with Gasteiger partial charge >= 0.3 is 0 Å². The zero-order valence-corrected chi connectivity index (χ0v) is 7.59. The lowest BCUT2D eigenvalue weighted by Crippen LogP contribution is -2.29. The topological polar surface area (TPSA) is 35.5 Å². The highest BCUT2D eigenvalue weighted by molar-refractivity contribution is 5.78. The molecule has 66 valence electrons. The number of carbonyl (C=O) groups is 1. The third-order valence-electron chi connectivity index (χ3n) is 1.76. The second-order valence-corrected chi connectivity index (χ2v) is 2.47. The number of carbonyl (C=O) groups excluding carboxylic acids is 1. The molecule has 0 heterocycles. The molecule has 0 aromatic rings. The molecular weight excluding hydrogens is 144 g/mol. The van der Waals surface area contributed by atoms with Crippen LogP contribution in [0.15, 0.2) is 0 Å². The average Bonchev–Trinajstić information content (AvgIpc) is 1.99. The van der Waals surface area contributed by atoms with Gasteiger partial charge in [0.2, 0.25) is 0 Å². The lowest BCUT2D eigenvalue weighted by molar-refractivity contribution is -0.155. The molecule has 0 rings (SSSR count). The summed E-state index contributed by atoms with van der Waals surface area (Å²) in [6, 6.07) is 0. The van der Waals surface area contributed by atoms with Crippen LogP contribution in [0.4, 0.5) is 0 Å². The standard InChI is InChI=1S/C8H16O3/c1-5-7(6(2)9)8(10-3)11-4/h7-8H,5H2,1-4H3. The molecule has 0 aliphatic rings. The molecule has 3 nitrogen and oxygen atoms in total. The minimum absolute atomic E-state index is 0.112. The van der Waals surface area contributed by atoms with Crippen molar-refractivity contribution in [3.05, 3.63) is 0 Å². The molecular formula is C8H16O3. The molecule has 0 aromatic carbocycles. The Hall–Kier alpha value is -0.410. The van der Waals surface area contributed by atoms with Crippen LogP contribution in [0.2, 0.25) is 0 Å². The van der Waals surface area contributed by atoms with Gasteiger partial charge in [0.15, 0.2) is 6.29 Å². The first-order valence-electron chi connectivity index (χ1n) is 3.73. The summed E-state index contributed by atoms with van der Waals surface area (Å²) >= 11 is 0. The second kappa shape index (κ2) is 5.27. The third kappa shape index (κ3) is 2.99. The molecule has 0 aliphatic heterocycles. The van der Waals surface area contributed by atoms with Crippen molar-refractivity contribution in [1.82, 2.24) is 0 Å². The highest BCUT2D eigenvalue weighted by Gasteiger charge is 2.22. The number of hydrogen-bond acceptors (Lipinski definition) is 3. The van der Waals surface area contributed by atoms with Crippen LogP contribution in [0, 0.1) is 5.92 Å². The Balaban J connectivity index is 4.09. The van der Waals surface area contributed by atoms with Crippen molar-refractivity contribution in [3.8, 4) is 0 Å². The van der Waals surface area contributed by atoms with Gasteiger partial charge in [-0.2, -0.15) is 0 Å². The normalized spacial score (nSPS) is 13.5. The van der Waals surface area contributed by atoms with Crippen LogP contribution in [-0.2, 0) is 14.3 Å². The molecule has 0 amide bonds. The molecule has 0 N–H and O–H groups in total. The summed E-state index contributed by atoms with van der Waals surface area (Å²) < 4.78 is 9.94. The molecule has 0 aromatic heterocycles. The molecule has 0 spiro atoms. The Morgan fingerprint density at radius 1 is 1.36 bits per heavy atom. The minimum atomic E-state index is -0.391. The van der Waals surface area contributed by atoms with Gasteiger partial charge in [0, 0.05) is 14.2 Å². The van der Waals surface area contributed by atoms with Gasteiger partial charge < -0.3 is 9.47 Å². The summed E-state index contributed by atoms with van der Waals surface area (Å²) in [6.45, 7) is 3.50. The maximum absolute atomic E-state index is 11.0. The molecule has 1 unspecified atom stereocenters. The van der Waals surface area contributed by atoms with E-state index < -0.39 is 6.29 Å². The quantitative estimate of drug-likeness (QED) is 0.567. The van der Waals surface area contributed by atoms with Gasteiger partial charge in [0.25, 0.3) is 0 Å². The molecule has 0 bridgehead atoms. The Labute approximate surface area is 67.7 Å². The fraction of sp³-hybridized carbons (Fsp3) is 0.875. The Morgan fingerprint density at radius 2 is 1.82 bits per heavy atom. The van der Waals surface area contributed by atoms with Crippen LogP contribution in [0.25, 0.3) is 0 Å². The SMILES string of the molecule is CCC(C(C)=O)C(OC)OC. The summed E-state index contributed by atoms with van der Waals surface area (Å²) in [5, 5.41) is 0. The Morgan fingerprint density at radius 3 is 1.91 bits per heavy atom. The van der Waals surface area contributed by atoms with E-state index in [-0.39, 0.29) is 11.7 Å². The van der Waals surface area contributed by atoms with Gasteiger partial charge in [-0.3, -0.25) is 4.79 Å². The highest BCUT2D eigenvalue weighted by Crippen LogP contribution is 2.13. The van der Waals surface area contributed by atoms with Crippen molar-refractivity contribution in [3.63, 3.8) is 0 Å². The van der Waals surface area contributed by atoms with Crippen LogP contribution in [0.1, 0.15) is 20.3 Å². The summed E-state index contributed by atoms with van der Waals surface area (Å²) in [5.74, 6) is -0.0220.